The summed E-state index contributed by atoms with van der Waals surface area (Å²) in [5.74, 6) is 0.529. The van der Waals surface area contributed by atoms with Crippen LogP contribution in [0.5, 0.6) is 0 Å². The SMILES string of the molecule is CCCNc1ncc(F)c(-c2ccc(C(C)C)cc2)n1. The molecule has 2 aromatic rings. The second-order valence-electron chi connectivity index (χ2n) is 5.09. The van der Waals surface area contributed by atoms with Crippen LogP contribution in [0.1, 0.15) is 38.7 Å². The monoisotopic (exact) mass is 273 g/mol. The van der Waals surface area contributed by atoms with Gasteiger partial charge in [-0.3, -0.25) is 0 Å². The van der Waals surface area contributed by atoms with Gasteiger partial charge in [0.1, 0.15) is 5.69 Å². The number of benzene rings is 1. The Morgan fingerprint density at radius 2 is 1.90 bits per heavy atom. The fourth-order valence-electron chi connectivity index (χ4n) is 1.92. The molecule has 0 amide bonds. The summed E-state index contributed by atoms with van der Waals surface area (Å²) in [7, 11) is 0. The maximum atomic E-state index is 13.9. The average Bonchev–Trinajstić information content (AvgIpc) is 2.46. The molecule has 0 saturated heterocycles. The zero-order valence-corrected chi connectivity index (χ0v) is 12.2. The third kappa shape index (κ3) is 3.32. The van der Waals surface area contributed by atoms with E-state index in [0.717, 1.165) is 18.5 Å². The van der Waals surface area contributed by atoms with Gasteiger partial charge in [0.2, 0.25) is 5.95 Å². The zero-order chi connectivity index (χ0) is 14.5. The van der Waals surface area contributed by atoms with Crippen LogP contribution in [0.3, 0.4) is 0 Å². The Balaban J connectivity index is 2.30. The van der Waals surface area contributed by atoms with Crippen LogP contribution < -0.4 is 5.32 Å². The lowest BCUT2D eigenvalue weighted by molar-refractivity contribution is 0.618. The minimum Gasteiger partial charge on any atom is -0.354 e. The molecule has 1 heterocycles. The average molecular weight is 273 g/mol. The van der Waals surface area contributed by atoms with E-state index >= 15 is 0 Å². The molecule has 0 aliphatic heterocycles. The minimum atomic E-state index is -0.399. The molecule has 1 aromatic carbocycles. The smallest absolute Gasteiger partial charge is 0.223 e. The molecule has 0 atom stereocenters. The fourth-order valence-corrected chi connectivity index (χ4v) is 1.92. The Hall–Kier alpha value is -1.97. The van der Waals surface area contributed by atoms with Crippen molar-refractivity contribution < 1.29 is 4.39 Å². The van der Waals surface area contributed by atoms with Gasteiger partial charge in [-0.1, -0.05) is 45.0 Å². The normalized spacial score (nSPS) is 10.8. The Kier molecular flexibility index (Phi) is 4.66. The summed E-state index contributed by atoms with van der Waals surface area (Å²) in [4.78, 5) is 8.21. The van der Waals surface area contributed by atoms with Gasteiger partial charge >= 0.3 is 0 Å². The Labute approximate surface area is 119 Å². The predicted molar refractivity (Wildman–Crippen MR) is 80.3 cm³/mol. The number of aromatic nitrogens is 2. The molecule has 2 rings (SSSR count). The summed E-state index contributed by atoms with van der Waals surface area (Å²) in [5, 5.41) is 3.07. The molecule has 0 fully saturated rings. The van der Waals surface area contributed by atoms with Crippen molar-refractivity contribution in [2.45, 2.75) is 33.1 Å². The Morgan fingerprint density at radius 1 is 1.20 bits per heavy atom. The highest BCUT2D eigenvalue weighted by Gasteiger charge is 2.10. The van der Waals surface area contributed by atoms with Crippen LogP contribution in [0.2, 0.25) is 0 Å². The van der Waals surface area contributed by atoms with E-state index in [1.54, 1.807) is 0 Å². The van der Waals surface area contributed by atoms with Crippen molar-refractivity contribution in [2.75, 3.05) is 11.9 Å². The lowest BCUT2D eigenvalue weighted by Crippen LogP contribution is -2.05. The van der Waals surface area contributed by atoms with Gasteiger partial charge < -0.3 is 5.32 Å². The maximum Gasteiger partial charge on any atom is 0.223 e. The topological polar surface area (TPSA) is 37.8 Å². The summed E-state index contributed by atoms with van der Waals surface area (Å²) in [6.45, 7) is 7.10. The van der Waals surface area contributed by atoms with Crippen LogP contribution in [0.25, 0.3) is 11.3 Å². The molecule has 0 aliphatic carbocycles. The van der Waals surface area contributed by atoms with Crippen LogP contribution in [0, 0.1) is 5.82 Å². The van der Waals surface area contributed by atoms with Crippen molar-refractivity contribution in [3.8, 4) is 11.3 Å². The van der Waals surface area contributed by atoms with Gasteiger partial charge in [-0.05, 0) is 17.9 Å². The lowest BCUT2D eigenvalue weighted by Gasteiger charge is -2.09. The highest BCUT2D eigenvalue weighted by Crippen LogP contribution is 2.23. The maximum absolute atomic E-state index is 13.9. The van der Waals surface area contributed by atoms with E-state index in [-0.39, 0.29) is 0 Å². The largest absolute Gasteiger partial charge is 0.354 e. The van der Waals surface area contributed by atoms with Crippen molar-refractivity contribution in [2.24, 2.45) is 0 Å². The van der Waals surface area contributed by atoms with Crippen LogP contribution in [-0.2, 0) is 0 Å². The number of hydrogen-bond donors (Lipinski definition) is 1. The van der Waals surface area contributed by atoms with E-state index in [4.69, 9.17) is 0 Å². The van der Waals surface area contributed by atoms with Crippen LogP contribution in [0.4, 0.5) is 10.3 Å². The molecule has 106 valence electrons. The second-order valence-corrected chi connectivity index (χ2v) is 5.09. The molecule has 0 radical (unpaired) electrons. The highest BCUT2D eigenvalue weighted by molar-refractivity contribution is 5.61. The Morgan fingerprint density at radius 3 is 2.50 bits per heavy atom. The van der Waals surface area contributed by atoms with Crippen LogP contribution in [-0.4, -0.2) is 16.5 Å². The van der Waals surface area contributed by atoms with E-state index < -0.39 is 5.82 Å². The van der Waals surface area contributed by atoms with Crippen molar-refractivity contribution in [3.05, 3.63) is 41.8 Å². The standard InChI is InChI=1S/C16H20FN3/c1-4-9-18-16-19-10-14(17)15(20-16)13-7-5-12(6-8-13)11(2)3/h5-8,10-11H,4,9H2,1-3H3,(H,18,19,20). The first kappa shape index (κ1) is 14.4. The molecule has 1 N–H and O–H groups in total. The summed E-state index contributed by atoms with van der Waals surface area (Å²) in [6, 6.07) is 7.84. The molecular formula is C16H20FN3. The fraction of sp³-hybridized carbons (Fsp3) is 0.375. The molecule has 20 heavy (non-hydrogen) atoms. The first-order chi connectivity index (χ1) is 9.61. The number of anilines is 1. The zero-order valence-electron chi connectivity index (χ0n) is 12.2. The van der Waals surface area contributed by atoms with E-state index in [2.05, 4.69) is 36.1 Å². The molecule has 0 bridgehead atoms. The molecule has 3 nitrogen and oxygen atoms in total. The van der Waals surface area contributed by atoms with Crippen molar-refractivity contribution in [1.82, 2.24) is 9.97 Å². The number of nitrogens with one attached hydrogen (secondary N) is 1. The molecule has 4 heteroatoms. The first-order valence-electron chi connectivity index (χ1n) is 6.98. The highest BCUT2D eigenvalue weighted by atomic mass is 19.1. The summed E-state index contributed by atoms with van der Waals surface area (Å²) >= 11 is 0. The van der Waals surface area contributed by atoms with Crippen LogP contribution in [0.15, 0.2) is 30.5 Å². The van der Waals surface area contributed by atoms with Gasteiger partial charge in [-0.15, -0.1) is 0 Å². The van der Waals surface area contributed by atoms with E-state index in [9.17, 15) is 4.39 Å². The summed E-state index contributed by atoms with van der Waals surface area (Å²) in [5.41, 5.74) is 2.34. The summed E-state index contributed by atoms with van der Waals surface area (Å²) in [6.07, 6.45) is 2.19. The molecule has 0 saturated carbocycles. The van der Waals surface area contributed by atoms with Gasteiger partial charge in [-0.25, -0.2) is 14.4 Å². The predicted octanol–water partition coefficient (Wildman–Crippen LogP) is 4.23. The van der Waals surface area contributed by atoms with Crippen molar-refractivity contribution in [3.63, 3.8) is 0 Å². The quantitative estimate of drug-likeness (QED) is 0.886. The van der Waals surface area contributed by atoms with Crippen molar-refractivity contribution >= 4 is 5.95 Å². The Bertz CT molecular complexity index is 564. The molecule has 0 aliphatic rings. The molecular weight excluding hydrogens is 253 g/mol. The molecule has 1 aromatic heterocycles. The van der Waals surface area contributed by atoms with Gasteiger partial charge in [0, 0.05) is 12.1 Å². The number of rotatable bonds is 5. The van der Waals surface area contributed by atoms with Gasteiger partial charge in [0.15, 0.2) is 5.82 Å². The second kappa shape index (κ2) is 6.46. The first-order valence-corrected chi connectivity index (χ1v) is 6.98. The van der Waals surface area contributed by atoms with Gasteiger partial charge in [0.25, 0.3) is 0 Å². The van der Waals surface area contributed by atoms with E-state index in [0.29, 0.717) is 17.6 Å². The lowest BCUT2D eigenvalue weighted by atomic mass is 10.0. The summed E-state index contributed by atoms with van der Waals surface area (Å²) < 4.78 is 13.9. The van der Waals surface area contributed by atoms with Gasteiger partial charge in [0.05, 0.1) is 6.20 Å². The minimum absolute atomic E-state index is 0.342. The number of nitrogens with zero attached hydrogens (tertiary/aromatic N) is 2. The molecule has 0 unspecified atom stereocenters. The number of halogens is 1. The number of hydrogen-bond acceptors (Lipinski definition) is 3. The molecule has 0 spiro atoms. The van der Waals surface area contributed by atoms with Crippen LogP contribution >= 0.6 is 0 Å². The van der Waals surface area contributed by atoms with Gasteiger partial charge in [-0.2, -0.15) is 0 Å². The third-order valence-corrected chi connectivity index (χ3v) is 3.13. The van der Waals surface area contributed by atoms with E-state index in [1.807, 2.05) is 24.3 Å². The van der Waals surface area contributed by atoms with E-state index in [1.165, 1.54) is 11.8 Å². The van der Waals surface area contributed by atoms with Crippen molar-refractivity contribution in [1.29, 1.82) is 0 Å². The third-order valence-electron chi connectivity index (χ3n) is 3.13.